The van der Waals surface area contributed by atoms with Gasteiger partial charge in [0.25, 0.3) is 0 Å². The first-order valence-corrected chi connectivity index (χ1v) is 6.35. The van der Waals surface area contributed by atoms with Crippen molar-refractivity contribution in [3.05, 3.63) is 41.8 Å². The van der Waals surface area contributed by atoms with E-state index in [-0.39, 0.29) is 0 Å². The number of aromatic amines is 1. The fourth-order valence-electron chi connectivity index (χ4n) is 1.65. The first kappa shape index (κ1) is 11.0. The van der Waals surface area contributed by atoms with Crippen molar-refractivity contribution in [1.29, 1.82) is 0 Å². The lowest BCUT2D eigenvalue weighted by Crippen LogP contribution is -1.84. The molecule has 0 saturated heterocycles. The largest absolute Gasteiger partial charge is 0.497 e. The topological polar surface area (TPSA) is 50.8 Å². The molecule has 0 unspecified atom stereocenters. The third-order valence-electron chi connectivity index (χ3n) is 2.59. The molecule has 0 aliphatic rings. The van der Waals surface area contributed by atoms with Crippen molar-refractivity contribution in [3.63, 3.8) is 0 Å². The Hall–Kier alpha value is -2.14. The van der Waals surface area contributed by atoms with E-state index in [9.17, 15) is 0 Å². The summed E-state index contributed by atoms with van der Waals surface area (Å²) in [6.07, 6.45) is 0. The van der Waals surface area contributed by atoms with Crippen molar-refractivity contribution in [2.24, 2.45) is 0 Å². The summed E-state index contributed by atoms with van der Waals surface area (Å²) >= 11 is 1.64. The lowest BCUT2D eigenvalue weighted by molar-refractivity contribution is 0.415. The van der Waals surface area contributed by atoms with Crippen LogP contribution in [-0.4, -0.2) is 22.3 Å². The van der Waals surface area contributed by atoms with Crippen LogP contribution in [0.3, 0.4) is 0 Å². The SMILES string of the molecule is COc1ccc(-c2n[nH]c(-c3cccs3)n2)cc1. The highest BCUT2D eigenvalue weighted by molar-refractivity contribution is 7.13. The normalized spacial score (nSPS) is 10.5. The third kappa shape index (κ3) is 2.00. The van der Waals surface area contributed by atoms with Crippen LogP contribution in [0.4, 0.5) is 0 Å². The van der Waals surface area contributed by atoms with Gasteiger partial charge >= 0.3 is 0 Å². The predicted octanol–water partition coefficient (Wildman–Crippen LogP) is 3.21. The van der Waals surface area contributed by atoms with E-state index in [1.165, 1.54) is 0 Å². The Morgan fingerprint density at radius 3 is 2.67 bits per heavy atom. The summed E-state index contributed by atoms with van der Waals surface area (Å²) in [5.74, 6) is 2.32. The first-order chi connectivity index (χ1) is 8.86. The van der Waals surface area contributed by atoms with Crippen LogP contribution in [0.15, 0.2) is 41.8 Å². The zero-order valence-electron chi connectivity index (χ0n) is 9.75. The molecule has 0 atom stereocenters. The molecule has 3 aromatic rings. The minimum Gasteiger partial charge on any atom is -0.497 e. The van der Waals surface area contributed by atoms with E-state index in [2.05, 4.69) is 15.2 Å². The molecule has 3 rings (SSSR count). The summed E-state index contributed by atoms with van der Waals surface area (Å²) in [4.78, 5) is 5.57. The standard InChI is InChI=1S/C13H11N3OS/c1-17-10-6-4-9(5-7-10)12-14-13(16-15-12)11-3-2-8-18-11/h2-8H,1H3,(H,14,15,16). The van der Waals surface area contributed by atoms with Crippen LogP contribution >= 0.6 is 11.3 Å². The highest BCUT2D eigenvalue weighted by atomic mass is 32.1. The Bertz CT molecular complexity index is 629. The number of nitrogens with zero attached hydrogens (tertiary/aromatic N) is 2. The molecule has 90 valence electrons. The number of nitrogens with one attached hydrogen (secondary N) is 1. The van der Waals surface area contributed by atoms with Gasteiger partial charge in [-0.2, -0.15) is 5.10 Å². The van der Waals surface area contributed by atoms with Crippen LogP contribution in [0, 0.1) is 0 Å². The number of H-pyrrole nitrogens is 1. The maximum atomic E-state index is 5.12. The highest BCUT2D eigenvalue weighted by Crippen LogP contribution is 2.24. The molecule has 0 bridgehead atoms. The molecule has 0 saturated carbocycles. The van der Waals surface area contributed by atoms with Gasteiger partial charge in [0.2, 0.25) is 0 Å². The molecule has 4 nitrogen and oxygen atoms in total. The Morgan fingerprint density at radius 1 is 1.17 bits per heavy atom. The summed E-state index contributed by atoms with van der Waals surface area (Å²) in [6, 6.07) is 11.7. The summed E-state index contributed by atoms with van der Waals surface area (Å²) in [6.45, 7) is 0. The zero-order valence-corrected chi connectivity index (χ0v) is 10.6. The van der Waals surface area contributed by atoms with Gasteiger partial charge in [0, 0.05) is 5.56 Å². The van der Waals surface area contributed by atoms with Gasteiger partial charge in [0.15, 0.2) is 11.6 Å². The van der Waals surface area contributed by atoms with Gasteiger partial charge in [-0.25, -0.2) is 4.98 Å². The van der Waals surface area contributed by atoms with Gasteiger partial charge in [0.1, 0.15) is 5.75 Å². The lowest BCUT2D eigenvalue weighted by Gasteiger charge is -1.99. The molecule has 2 heterocycles. The second-order valence-electron chi connectivity index (χ2n) is 3.71. The Morgan fingerprint density at radius 2 is 2.00 bits per heavy atom. The molecule has 0 amide bonds. The van der Waals surface area contributed by atoms with Crippen LogP contribution in [0.1, 0.15) is 0 Å². The van der Waals surface area contributed by atoms with E-state index in [1.807, 2.05) is 41.8 Å². The number of rotatable bonds is 3. The minimum atomic E-state index is 0.695. The molecule has 2 aromatic heterocycles. The smallest absolute Gasteiger partial charge is 0.181 e. The number of aromatic nitrogens is 3. The molecule has 0 radical (unpaired) electrons. The molecular weight excluding hydrogens is 246 g/mol. The molecular formula is C13H11N3OS. The quantitative estimate of drug-likeness (QED) is 0.783. The van der Waals surface area contributed by atoms with E-state index in [0.717, 1.165) is 22.0 Å². The molecule has 0 aliphatic carbocycles. The Labute approximate surface area is 108 Å². The molecule has 0 fully saturated rings. The van der Waals surface area contributed by atoms with Crippen molar-refractivity contribution in [3.8, 4) is 27.8 Å². The monoisotopic (exact) mass is 257 g/mol. The second-order valence-corrected chi connectivity index (χ2v) is 4.66. The van der Waals surface area contributed by atoms with Gasteiger partial charge in [-0.1, -0.05) is 6.07 Å². The van der Waals surface area contributed by atoms with Crippen LogP contribution in [-0.2, 0) is 0 Å². The number of thiophene rings is 1. The van der Waals surface area contributed by atoms with Gasteiger partial charge in [-0.15, -0.1) is 11.3 Å². The summed E-state index contributed by atoms with van der Waals surface area (Å²) in [7, 11) is 1.65. The zero-order chi connectivity index (χ0) is 12.4. The summed E-state index contributed by atoms with van der Waals surface area (Å²) < 4.78 is 5.12. The Kier molecular flexibility index (Phi) is 2.82. The molecule has 18 heavy (non-hydrogen) atoms. The van der Waals surface area contributed by atoms with Gasteiger partial charge in [-0.05, 0) is 35.7 Å². The van der Waals surface area contributed by atoms with E-state index >= 15 is 0 Å². The van der Waals surface area contributed by atoms with Crippen molar-refractivity contribution >= 4 is 11.3 Å². The first-order valence-electron chi connectivity index (χ1n) is 5.47. The van der Waals surface area contributed by atoms with Crippen LogP contribution in [0.2, 0.25) is 0 Å². The van der Waals surface area contributed by atoms with E-state index in [4.69, 9.17) is 4.74 Å². The molecule has 0 spiro atoms. The van der Waals surface area contributed by atoms with Crippen molar-refractivity contribution in [2.45, 2.75) is 0 Å². The Balaban J connectivity index is 1.92. The van der Waals surface area contributed by atoms with Crippen molar-refractivity contribution in [2.75, 3.05) is 7.11 Å². The average Bonchev–Trinajstić information content (AvgIpc) is 3.09. The molecule has 5 heteroatoms. The molecule has 1 N–H and O–H groups in total. The molecule has 1 aromatic carbocycles. The summed E-state index contributed by atoms with van der Waals surface area (Å²) in [5, 5.41) is 9.20. The fraction of sp³-hybridized carbons (Fsp3) is 0.0769. The third-order valence-corrected chi connectivity index (χ3v) is 3.46. The van der Waals surface area contributed by atoms with Gasteiger partial charge < -0.3 is 4.74 Å². The number of hydrogen-bond donors (Lipinski definition) is 1. The van der Waals surface area contributed by atoms with Crippen LogP contribution in [0.25, 0.3) is 22.1 Å². The maximum absolute atomic E-state index is 5.12. The van der Waals surface area contributed by atoms with E-state index < -0.39 is 0 Å². The predicted molar refractivity (Wildman–Crippen MR) is 71.7 cm³/mol. The lowest BCUT2D eigenvalue weighted by atomic mass is 10.2. The van der Waals surface area contributed by atoms with Crippen molar-refractivity contribution < 1.29 is 4.74 Å². The number of methoxy groups -OCH3 is 1. The number of benzene rings is 1. The minimum absolute atomic E-state index is 0.695. The van der Waals surface area contributed by atoms with E-state index in [0.29, 0.717) is 5.82 Å². The second kappa shape index (κ2) is 4.62. The highest BCUT2D eigenvalue weighted by Gasteiger charge is 2.08. The average molecular weight is 257 g/mol. The summed E-state index contributed by atoms with van der Waals surface area (Å²) in [5.41, 5.74) is 0.967. The van der Waals surface area contributed by atoms with Gasteiger partial charge in [0.05, 0.1) is 12.0 Å². The van der Waals surface area contributed by atoms with E-state index in [1.54, 1.807) is 18.4 Å². The number of hydrogen-bond acceptors (Lipinski definition) is 4. The molecule has 0 aliphatic heterocycles. The van der Waals surface area contributed by atoms with Crippen molar-refractivity contribution in [1.82, 2.24) is 15.2 Å². The maximum Gasteiger partial charge on any atom is 0.181 e. The number of ether oxygens (including phenoxy) is 1. The van der Waals surface area contributed by atoms with Crippen LogP contribution in [0.5, 0.6) is 5.75 Å². The fourth-order valence-corrected chi connectivity index (χ4v) is 2.32. The van der Waals surface area contributed by atoms with Gasteiger partial charge in [-0.3, -0.25) is 5.10 Å². The van der Waals surface area contributed by atoms with Crippen LogP contribution < -0.4 is 4.74 Å².